The number of aromatic nitrogens is 1. The summed E-state index contributed by atoms with van der Waals surface area (Å²) in [4.78, 5) is 28.2. The molecule has 0 saturated heterocycles. The summed E-state index contributed by atoms with van der Waals surface area (Å²) in [5, 5.41) is 5.70. The van der Waals surface area contributed by atoms with Gasteiger partial charge in [-0.05, 0) is 25.5 Å². The molecule has 2 aromatic carbocycles. The highest BCUT2D eigenvalue weighted by molar-refractivity contribution is 7.92. The number of esters is 1. The van der Waals surface area contributed by atoms with Gasteiger partial charge in [0.15, 0.2) is 11.7 Å². The SMILES string of the molecule is Cc1ccc(C=CS(=O)(=O)NCC(=O)OCC(=O)Nc2nc(-c3ccc(C)cc3)cs2)cc1. The molecule has 0 fully saturated rings. The van der Waals surface area contributed by atoms with Crippen molar-refractivity contribution in [1.29, 1.82) is 0 Å². The highest BCUT2D eigenvalue weighted by Gasteiger charge is 2.13. The average Bonchev–Trinajstić information content (AvgIpc) is 3.25. The summed E-state index contributed by atoms with van der Waals surface area (Å²) in [6.07, 6.45) is 1.42. The fourth-order valence-electron chi connectivity index (χ4n) is 2.59. The fraction of sp³-hybridized carbons (Fsp3) is 0.174. The van der Waals surface area contributed by atoms with Crippen LogP contribution < -0.4 is 10.0 Å². The van der Waals surface area contributed by atoms with E-state index in [0.29, 0.717) is 10.7 Å². The number of nitrogens with one attached hydrogen (secondary N) is 2. The van der Waals surface area contributed by atoms with E-state index in [1.165, 1.54) is 17.4 Å². The number of rotatable bonds is 9. The first-order valence-electron chi connectivity index (χ1n) is 9.93. The zero-order valence-electron chi connectivity index (χ0n) is 18.1. The van der Waals surface area contributed by atoms with E-state index in [4.69, 9.17) is 4.74 Å². The Hall–Kier alpha value is -3.34. The third-order valence-electron chi connectivity index (χ3n) is 4.40. The van der Waals surface area contributed by atoms with Crippen LogP contribution in [0.15, 0.2) is 59.3 Å². The highest BCUT2D eigenvalue weighted by atomic mass is 32.2. The molecule has 33 heavy (non-hydrogen) atoms. The quantitative estimate of drug-likeness (QED) is 0.449. The molecule has 3 aromatic rings. The molecule has 0 radical (unpaired) electrons. The van der Waals surface area contributed by atoms with Gasteiger partial charge in [0, 0.05) is 16.4 Å². The second kappa shape index (κ2) is 11.0. The Morgan fingerprint density at radius 3 is 2.33 bits per heavy atom. The van der Waals surface area contributed by atoms with E-state index in [9.17, 15) is 18.0 Å². The smallest absolute Gasteiger partial charge is 0.321 e. The van der Waals surface area contributed by atoms with Crippen LogP contribution in [0.1, 0.15) is 16.7 Å². The number of hydrogen-bond donors (Lipinski definition) is 2. The van der Waals surface area contributed by atoms with E-state index >= 15 is 0 Å². The van der Waals surface area contributed by atoms with Crippen LogP contribution in [0.25, 0.3) is 17.3 Å². The lowest BCUT2D eigenvalue weighted by molar-refractivity contribution is -0.146. The van der Waals surface area contributed by atoms with Gasteiger partial charge in [0.2, 0.25) is 10.0 Å². The topological polar surface area (TPSA) is 114 Å². The fourth-order valence-corrected chi connectivity index (χ4v) is 4.08. The molecule has 0 spiro atoms. The maximum Gasteiger partial charge on any atom is 0.321 e. The Kier molecular flexibility index (Phi) is 8.10. The van der Waals surface area contributed by atoms with Crippen LogP contribution in [-0.2, 0) is 24.3 Å². The summed E-state index contributed by atoms with van der Waals surface area (Å²) >= 11 is 1.25. The van der Waals surface area contributed by atoms with Gasteiger partial charge in [-0.1, -0.05) is 59.7 Å². The molecule has 0 bridgehead atoms. The first-order valence-corrected chi connectivity index (χ1v) is 12.4. The summed E-state index contributed by atoms with van der Waals surface area (Å²) in [6, 6.07) is 15.1. The van der Waals surface area contributed by atoms with E-state index in [2.05, 4.69) is 15.0 Å². The van der Waals surface area contributed by atoms with E-state index in [1.54, 1.807) is 12.1 Å². The molecule has 1 aromatic heterocycles. The molecular formula is C23H23N3O5S2. The molecule has 0 aliphatic heterocycles. The minimum atomic E-state index is -3.84. The zero-order chi connectivity index (χ0) is 23.8. The number of hydrogen-bond acceptors (Lipinski definition) is 7. The Labute approximate surface area is 196 Å². The molecule has 1 amide bonds. The van der Waals surface area contributed by atoms with Crippen LogP contribution in [0.2, 0.25) is 0 Å². The Balaban J connectivity index is 1.42. The molecule has 0 unspecified atom stereocenters. The first kappa shape index (κ1) is 24.3. The second-order valence-corrected chi connectivity index (χ2v) is 9.70. The number of amides is 1. The van der Waals surface area contributed by atoms with Crippen molar-refractivity contribution in [2.24, 2.45) is 0 Å². The lowest BCUT2D eigenvalue weighted by Crippen LogP contribution is -2.31. The van der Waals surface area contributed by atoms with Crippen molar-refractivity contribution in [3.8, 4) is 11.3 Å². The lowest BCUT2D eigenvalue weighted by atomic mass is 10.1. The maximum atomic E-state index is 12.0. The van der Waals surface area contributed by atoms with Crippen LogP contribution in [0.5, 0.6) is 0 Å². The lowest BCUT2D eigenvalue weighted by Gasteiger charge is -2.05. The van der Waals surface area contributed by atoms with Crippen molar-refractivity contribution in [3.63, 3.8) is 0 Å². The number of carbonyl (C=O) groups is 2. The number of benzene rings is 2. The third-order valence-corrected chi connectivity index (χ3v) is 6.20. The normalized spacial score (nSPS) is 11.5. The highest BCUT2D eigenvalue weighted by Crippen LogP contribution is 2.25. The molecule has 0 aliphatic rings. The monoisotopic (exact) mass is 485 g/mol. The first-order chi connectivity index (χ1) is 15.7. The minimum Gasteiger partial charge on any atom is -0.455 e. The molecule has 2 N–H and O–H groups in total. The zero-order valence-corrected chi connectivity index (χ0v) is 19.7. The summed E-state index contributed by atoms with van der Waals surface area (Å²) < 4.78 is 30.9. The second-order valence-electron chi connectivity index (χ2n) is 7.19. The molecule has 3 rings (SSSR count). The van der Waals surface area contributed by atoms with Gasteiger partial charge in [0.1, 0.15) is 6.54 Å². The van der Waals surface area contributed by atoms with Crippen LogP contribution in [0.3, 0.4) is 0 Å². The van der Waals surface area contributed by atoms with Gasteiger partial charge in [-0.2, -0.15) is 0 Å². The largest absolute Gasteiger partial charge is 0.455 e. The molecular weight excluding hydrogens is 462 g/mol. The maximum absolute atomic E-state index is 12.0. The summed E-state index contributed by atoms with van der Waals surface area (Å²) in [5.74, 6) is -1.45. The van der Waals surface area contributed by atoms with Crippen LogP contribution in [0.4, 0.5) is 5.13 Å². The van der Waals surface area contributed by atoms with Crippen LogP contribution >= 0.6 is 11.3 Å². The Morgan fingerprint density at radius 2 is 1.67 bits per heavy atom. The van der Waals surface area contributed by atoms with E-state index in [1.807, 2.05) is 55.6 Å². The molecule has 0 aliphatic carbocycles. The van der Waals surface area contributed by atoms with Gasteiger partial charge in [0.05, 0.1) is 5.69 Å². The van der Waals surface area contributed by atoms with Crippen molar-refractivity contribution in [2.75, 3.05) is 18.5 Å². The van der Waals surface area contributed by atoms with E-state index in [-0.39, 0.29) is 0 Å². The van der Waals surface area contributed by atoms with Gasteiger partial charge in [-0.3, -0.25) is 14.9 Å². The molecule has 10 heteroatoms. The van der Waals surface area contributed by atoms with Crippen molar-refractivity contribution in [2.45, 2.75) is 13.8 Å². The molecule has 172 valence electrons. The van der Waals surface area contributed by atoms with Crippen molar-refractivity contribution in [1.82, 2.24) is 9.71 Å². The third kappa shape index (κ3) is 7.94. The molecule has 0 atom stereocenters. The molecule has 8 nitrogen and oxygen atoms in total. The van der Waals surface area contributed by atoms with Crippen LogP contribution in [0, 0.1) is 13.8 Å². The average molecular weight is 486 g/mol. The number of aryl methyl sites for hydroxylation is 2. The minimum absolute atomic E-state index is 0.369. The summed E-state index contributed by atoms with van der Waals surface area (Å²) in [6.45, 7) is 2.77. The van der Waals surface area contributed by atoms with Gasteiger partial charge in [0.25, 0.3) is 5.91 Å². The summed E-state index contributed by atoms with van der Waals surface area (Å²) in [5.41, 5.74) is 4.54. The molecule has 1 heterocycles. The molecule has 0 saturated carbocycles. The van der Waals surface area contributed by atoms with Crippen molar-refractivity contribution in [3.05, 3.63) is 76.0 Å². The Morgan fingerprint density at radius 1 is 1.03 bits per heavy atom. The predicted molar refractivity (Wildman–Crippen MR) is 129 cm³/mol. The number of nitrogens with zero attached hydrogens (tertiary/aromatic N) is 1. The number of ether oxygens (including phenoxy) is 1. The number of thiazole rings is 1. The summed E-state index contributed by atoms with van der Waals surface area (Å²) in [7, 11) is -3.84. The van der Waals surface area contributed by atoms with E-state index in [0.717, 1.165) is 27.8 Å². The number of sulfonamides is 1. The van der Waals surface area contributed by atoms with Gasteiger partial charge in [-0.25, -0.2) is 18.1 Å². The van der Waals surface area contributed by atoms with Crippen molar-refractivity contribution >= 4 is 44.4 Å². The number of carbonyl (C=O) groups excluding carboxylic acids is 2. The Bertz CT molecular complexity index is 1250. The van der Waals surface area contributed by atoms with Gasteiger partial charge in [-0.15, -0.1) is 11.3 Å². The predicted octanol–water partition coefficient (Wildman–Crippen LogP) is 3.50. The van der Waals surface area contributed by atoms with Crippen LogP contribution in [-0.4, -0.2) is 38.4 Å². The standard InChI is InChI=1S/C23H23N3O5S2/c1-16-3-7-18(8-4-16)11-12-33(29,30)24-13-22(28)31-14-21(27)26-23-25-20(15-32-23)19-9-5-17(2)6-10-19/h3-12,15,24H,13-14H2,1-2H3,(H,25,26,27). The van der Waals surface area contributed by atoms with Gasteiger partial charge < -0.3 is 4.74 Å². The number of anilines is 1. The van der Waals surface area contributed by atoms with Gasteiger partial charge >= 0.3 is 5.97 Å². The van der Waals surface area contributed by atoms with E-state index < -0.39 is 35.1 Å². The van der Waals surface area contributed by atoms with Crippen molar-refractivity contribution < 1.29 is 22.7 Å².